The molecule has 3 heteroatoms. The van der Waals surface area contributed by atoms with Gasteiger partial charge in [0.1, 0.15) is 0 Å². The quantitative estimate of drug-likeness (QED) is 0.886. The van der Waals surface area contributed by atoms with Crippen LogP contribution >= 0.6 is 15.9 Å². The minimum absolute atomic E-state index is 0.289. The summed E-state index contributed by atoms with van der Waals surface area (Å²) in [6.07, 6.45) is 2.57. The summed E-state index contributed by atoms with van der Waals surface area (Å²) in [5.41, 5.74) is 2.95. The number of rotatable bonds is 4. The van der Waals surface area contributed by atoms with Gasteiger partial charge in [-0.2, -0.15) is 0 Å². The van der Waals surface area contributed by atoms with E-state index in [1.807, 2.05) is 0 Å². The summed E-state index contributed by atoms with van der Waals surface area (Å²) in [6.45, 7) is 11.1. The topological polar surface area (TPSA) is 15.3 Å². The number of hydrogen-bond donors (Lipinski definition) is 1. The molecule has 19 heavy (non-hydrogen) atoms. The molecule has 1 aliphatic heterocycles. The van der Waals surface area contributed by atoms with Crippen LogP contribution in [0.5, 0.6) is 0 Å². The molecule has 0 amide bonds. The van der Waals surface area contributed by atoms with Crippen molar-refractivity contribution in [1.29, 1.82) is 0 Å². The Bertz CT molecular complexity index is 440. The first-order valence-corrected chi connectivity index (χ1v) is 7.99. The molecule has 0 spiro atoms. The molecule has 0 aliphatic carbocycles. The van der Waals surface area contributed by atoms with Gasteiger partial charge in [0.2, 0.25) is 0 Å². The fraction of sp³-hybridized carbons (Fsp3) is 0.625. The lowest BCUT2D eigenvalue weighted by atomic mass is 10.0. The summed E-state index contributed by atoms with van der Waals surface area (Å²) < 4.78 is 1.21. The van der Waals surface area contributed by atoms with Gasteiger partial charge in [-0.15, -0.1) is 0 Å². The van der Waals surface area contributed by atoms with Gasteiger partial charge >= 0.3 is 0 Å². The summed E-state index contributed by atoms with van der Waals surface area (Å²) in [6, 6.07) is 7.28. The van der Waals surface area contributed by atoms with E-state index in [1.54, 1.807) is 0 Å². The van der Waals surface area contributed by atoms with Gasteiger partial charge in [-0.05, 0) is 44.4 Å². The highest BCUT2D eigenvalue weighted by atomic mass is 79.9. The van der Waals surface area contributed by atoms with Crippen LogP contribution in [-0.2, 0) is 6.54 Å². The molecule has 0 radical (unpaired) electrons. The van der Waals surface area contributed by atoms with Crippen molar-refractivity contribution in [2.45, 2.75) is 58.7 Å². The third kappa shape index (κ3) is 3.51. The minimum atomic E-state index is 0.289. The predicted molar refractivity (Wildman–Crippen MR) is 86.8 cm³/mol. The fourth-order valence-corrected chi connectivity index (χ4v) is 3.25. The Morgan fingerprint density at radius 3 is 2.63 bits per heavy atom. The molecular formula is C16H25BrN2. The Hall–Kier alpha value is -0.540. The van der Waals surface area contributed by atoms with Crippen LogP contribution in [0.15, 0.2) is 22.7 Å². The van der Waals surface area contributed by atoms with Crippen LogP contribution in [-0.4, -0.2) is 18.1 Å². The fourth-order valence-electron chi connectivity index (χ4n) is 2.75. The molecule has 1 aliphatic rings. The number of halogens is 1. The Balaban J connectivity index is 2.14. The van der Waals surface area contributed by atoms with Crippen molar-refractivity contribution in [2.75, 3.05) is 11.4 Å². The van der Waals surface area contributed by atoms with Gasteiger partial charge in [0, 0.05) is 34.8 Å². The van der Waals surface area contributed by atoms with E-state index in [4.69, 9.17) is 0 Å². The first-order chi connectivity index (χ1) is 8.90. The molecule has 1 heterocycles. The van der Waals surface area contributed by atoms with E-state index in [0.717, 1.165) is 6.54 Å². The van der Waals surface area contributed by atoms with E-state index in [0.29, 0.717) is 6.04 Å². The predicted octanol–water partition coefficient (Wildman–Crippen LogP) is 4.33. The second-order valence-corrected chi connectivity index (χ2v) is 7.23. The van der Waals surface area contributed by atoms with E-state index >= 15 is 0 Å². The lowest BCUT2D eigenvalue weighted by molar-refractivity contribution is 0.518. The van der Waals surface area contributed by atoms with Gasteiger partial charge in [-0.3, -0.25) is 0 Å². The normalized spacial score (nSPS) is 18.3. The van der Waals surface area contributed by atoms with Crippen LogP contribution in [0, 0.1) is 0 Å². The molecule has 1 aromatic rings. The molecule has 2 rings (SSSR count). The van der Waals surface area contributed by atoms with Crippen molar-refractivity contribution in [3.63, 3.8) is 0 Å². The third-order valence-corrected chi connectivity index (χ3v) is 4.69. The average Bonchev–Trinajstić information content (AvgIpc) is 2.67. The zero-order chi connectivity index (χ0) is 14.0. The molecule has 2 nitrogen and oxygen atoms in total. The van der Waals surface area contributed by atoms with Crippen LogP contribution in [0.2, 0.25) is 0 Å². The number of hydrogen-bond acceptors (Lipinski definition) is 2. The van der Waals surface area contributed by atoms with Gasteiger partial charge in [-0.1, -0.05) is 35.8 Å². The van der Waals surface area contributed by atoms with Gasteiger partial charge in [0.15, 0.2) is 0 Å². The molecule has 106 valence electrons. The van der Waals surface area contributed by atoms with Crippen molar-refractivity contribution in [2.24, 2.45) is 0 Å². The van der Waals surface area contributed by atoms with Crippen molar-refractivity contribution in [3.8, 4) is 0 Å². The third-order valence-electron chi connectivity index (χ3n) is 3.95. The summed E-state index contributed by atoms with van der Waals surface area (Å²) in [5, 5.41) is 3.46. The molecular weight excluding hydrogens is 300 g/mol. The van der Waals surface area contributed by atoms with E-state index in [-0.39, 0.29) is 5.54 Å². The van der Waals surface area contributed by atoms with Crippen LogP contribution in [0.1, 0.15) is 46.1 Å². The number of nitrogens with zero attached hydrogens (tertiary/aromatic N) is 1. The lowest BCUT2D eigenvalue weighted by Crippen LogP contribution is -2.38. The zero-order valence-corrected chi connectivity index (χ0v) is 14.0. The zero-order valence-electron chi connectivity index (χ0n) is 12.5. The van der Waals surface area contributed by atoms with Crippen LogP contribution in [0.3, 0.4) is 0 Å². The molecule has 1 fully saturated rings. The Morgan fingerprint density at radius 2 is 2.11 bits per heavy atom. The molecule has 0 bridgehead atoms. The van der Waals surface area contributed by atoms with Crippen LogP contribution < -0.4 is 10.2 Å². The smallest absolute Gasteiger partial charge is 0.0382 e. The number of nitrogens with one attached hydrogen (secondary N) is 1. The van der Waals surface area contributed by atoms with Crippen molar-refractivity contribution < 1.29 is 0 Å². The SMILES string of the molecule is CC(C)NCc1ccc(N2CCCC2(C)C)cc1Br. The van der Waals surface area contributed by atoms with Crippen molar-refractivity contribution in [3.05, 3.63) is 28.2 Å². The summed E-state index contributed by atoms with van der Waals surface area (Å²) in [4.78, 5) is 2.53. The minimum Gasteiger partial charge on any atom is -0.366 e. The maximum Gasteiger partial charge on any atom is 0.0382 e. The number of anilines is 1. The Morgan fingerprint density at radius 1 is 1.37 bits per heavy atom. The van der Waals surface area contributed by atoms with Gasteiger partial charge < -0.3 is 10.2 Å². The molecule has 1 N–H and O–H groups in total. The molecule has 0 atom stereocenters. The first-order valence-electron chi connectivity index (χ1n) is 7.19. The monoisotopic (exact) mass is 324 g/mol. The second-order valence-electron chi connectivity index (χ2n) is 6.38. The highest BCUT2D eigenvalue weighted by Crippen LogP contribution is 2.35. The summed E-state index contributed by atoms with van der Waals surface area (Å²) >= 11 is 3.72. The molecule has 1 saturated heterocycles. The van der Waals surface area contributed by atoms with Gasteiger partial charge in [0.05, 0.1) is 0 Å². The van der Waals surface area contributed by atoms with Crippen LogP contribution in [0.4, 0.5) is 5.69 Å². The van der Waals surface area contributed by atoms with Crippen LogP contribution in [0.25, 0.3) is 0 Å². The molecule has 1 aromatic carbocycles. The lowest BCUT2D eigenvalue weighted by Gasteiger charge is -2.34. The van der Waals surface area contributed by atoms with E-state index in [2.05, 4.69) is 72.0 Å². The van der Waals surface area contributed by atoms with Crippen molar-refractivity contribution in [1.82, 2.24) is 5.32 Å². The summed E-state index contributed by atoms with van der Waals surface area (Å²) in [5.74, 6) is 0. The largest absolute Gasteiger partial charge is 0.366 e. The molecule has 0 saturated carbocycles. The summed E-state index contributed by atoms with van der Waals surface area (Å²) in [7, 11) is 0. The van der Waals surface area contributed by atoms with E-state index < -0.39 is 0 Å². The van der Waals surface area contributed by atoms with Gasteiger partial charge in [0.25, 0.3) is 0 Å². The van der Waals surface area contributed by atoms with E-state index in [9.17, 15) is 0 Å². The highest BCUT2D eigenvalue weighted by molar-refractivity contribution is 9.10. The standard InChI is InChI=1S/C16H25BrN2/c1-12(2)18-11-13-6-7-14(10-15(13)17)19-9-5-8-16(19,3)4/h6-7,10,12,18H,5,8-9,11H2,1-4H3. The Kier molecular flexibility index (Phi) is 4.57. The van der Waals surface area contributed by atoms with Crippen molar-refractivity contribution >= 4 is 21.6 Å². The Labute approximate surface area is 125 Å². The highest BCUT2D eigenvalue weighted by Gasteiger charge is 2.31. The average molecular weight is 325 g/mol. The maximum absolute atomic E-state index is 3.72. The molecule has 0 unspecified atom stereocenters. The maximum atomic E-state index is 3.72. The number of benzene rings is 1. The van der Waals surface area contributed by atoms with E-state index in [1.165, 1.54) is 35.1 Å². The first kappa shape index (κ1) is 14.9. The van der Waals surface area contributed by atoms with Gasteiger partial charge in [-0.25, -0.2) is 0 Å². The molecule has 0 aromatic heterocycles. The second kappa shape index (κ2) is 5.84.